The van der Waals surface area contributed by atoms with E-state index in [9.17, 15) is 0 Å². The molecule has 0 atom stereocenters. The minimum Gasteiger partial charge on any atom is -0.312 e. The van der Waals surface area contributed by atoms with Gasteiger partial charge >= 0.3 is 0 Å². The molecule has 1 aromatic heterocycles. The summed E-state index contributed by atoms with van der Waals surface area (Å²) >= 11 is 0. The maximum absolute atomic E-state index is 4.31. The maximum atomic E-state index is 4.31. The number of allylic oxidation sites excluding steroid dienone is 1. The molecule has 2 nitrogen and oxygen atoms in total. The Morgan fingerprint density at radius 3 is 3.12 bits per heavy atom. The molecule has 0 radical (unpaired) electrons. The second-order valence-corrected chi connectivity index (χ2v) is 4.06. The number of nitrogens with one attached hydrogen (secondary N) is 1. The summed E-state index contributed by atoms with van der Waals surface area (Å²) in [5.74, 6) is 0. The molecule has 0 fully saturated rings. The molecule has 0 bridgehead atoms. The van der Waals surface area contributed by atoms with E-state index in [1.54, 1.807) is 0 Å². The molecule has 0 amide bonds. The number of fused-ring (bicyclic) bond motifs is 1. The number of pyridine rings is 1. The summed E-state index contributed by atoms with van der Waals surface area (Å²) in [6.45, 7) is 3.99. The summed E-state index contributed by atoms with van der Waals surface area (Å²) in [6, 6.07) is 10.5. The first-order valence-corrected chi connectivity index (χ1v) is 6.05. The molecule has 1 N–H and O–H groups in total. The fourth-order valence-electron chi connectivity index (χ4n) is 1.82. The quantitative estimate of drug-likeness (QED) is 0.625. The first-order chi connectivity index (χ1) is 8.40. The second-order valence-electron chi connectivity index (χ2n) is 4.06. The first kappa shape index (κ1) is 11.8. The normalized spacial score (nSPS) is 11.4. The highest BCUT2D eigenvalue weighted by atomic mass is 14.8. The average Bonchev–Trinajstić information content (AvgIpc) is 2.38. The average molecular weight is 226 g/mol. The van der Waals surface area contributed by atoms with E-state index in [2.05, 4.69) is 53.6 Å². The molecule has 2 heteroatoms. The van der Waals surface area contributed by atoms with Crippen molar-refractivity contribution in [3.63, 3.8) is 0 Å². The minimum atomic E-state index is 0.919. The lowest BCUT2D eigenvalue weighted by atomic mass is 10.1. The summed E-state index contributed by atoms with van der Waals surface area (Å²) in [5, 5.41) is 4.64. The summed E-state index contributed by atoms with van der Waals surface area (Å²) in [5.41, 5.74) is 2.37. The molecule has 0 aliphatic rings. The molecule has 0 spiro atoms. The van der Waals surface area contributed by atoms with Crippen LogP contribution in [0.5, 0.6) is 0 Å². The first-order valence-electron chi connectivity index (χ1n) is 6.05. The summed E-state index contributed by atoms with van der Waals surface area (Å²) in [7, 11) is 0. The van der Waals surface area contributed by atoms with E-state index in [1.165, 1.54) is 10.9 Å². The van der Waals surface area contributed by atoms with Crippen LogP contribution in [-0.4, -0.2) is 11.5 Å². The molecule has 0 aliphatic heterocycles. The van der Waals surface area contributed by atoms with Gasteiger partial charge < -0.3 is 5.32 Å². The van der Waals surface area contributed by atoms with Crippen LogP contribution in [0.1, 0.15) is 18.9 Å². The van der Waals surface area contributed by atoms with Gasteiger partial charge in [-0.15, -0.1) is 0 Å². The van der Waals surface area contributed by atoms with Crippen molar-refractivity contribution in [3.05, 3.63) is 54.2 Å². The number of benzene rings is 1. The van der Waals surface area contributed by atoms with Crippen LogP contribution in [0.2, 0.25) is 0 Å². The predicted octanol–water partition coefficient (Wildman–Crippen LogP) is 3.29. The Bertz CT molecular complexity index is 503. The van der Waals surface area contributed by atoms with Crippen LogP contribution in [0.25, 0.3) is 10.9 Å². The van der Waals surface area contributed by atoms with E-state index in [0.717, 1.165) is 25.0 Å². The van der Waals surface area contributed by atoms with Crippen LogP contribution < -0.4 is 5.32 Å². The monoisotopic (exact) mass is 226 g/mol. The molecule has 0 saturated heterocycles. The Balaban J connectivity index is 1.95. The van der Waals surface area contributed by atoms with Crippen LogP contribution in [0.3, 0.4) is 0 Å². The molecule has 0 aliphatic carbocycles. The number of rotatable bonds is 5. The van der Waals surface area contributed by atoms with Crippen molar-refractivity contribution in [3.8, 4) is 0 Å². The van der Waals surface area contributed by atoms with E-state index < -0.39 is 0 Å². The fraction of sp³-hybridized carbons (Fsp3) is 0.267. The maximum Gasteiger partial charge on any atom is 0.0702 e. The van der Waals surface area contributed by atoms with Crippen molar-refractivity contribution >= 4 is 10.9 Å². The Hall–Kier alpha value is -1.67. The Morgan fingerprint density at radius 2 is 2.24 bits per heavy atom. The lowest BCUT2D eigenvalue weighted by Crippen LogP contribution is -2.13. The van der Waals surface area contributed by atoms with Gasteiger partial charge in [0.05, 0.1) is 5.52 Å². The van der Waals surface area contributed by atoms with Gasteiger partial charge in [0.1, 0.15) is 0 Å². The van der Waals surface area contributed by atoms with Gasteiger partial charge in [0.2, 0.25) is 0 Å². The van der Waals surface area contributed by atoms with Crippen molar-refractivity contribution in [2.24, 2.45) is 0 Å². The molecule has 88 valence electrons. The predicted molar refractivity (Wildman–Crippen MR) is 72.9 cm³/mol. The lowest BCUT2D eigenvalue weighted by Gasteiger charge is -2.04. The van der Waals surface area contributed by atoms with Crippen LogP contribution >= 0.6 is 0 Å². The van der Waals surface area contributed by atoms with Gasteiger partial charge in [0.25, 0.3) is 0 Å². The van der Waals surface area contributed by atoms with Crippen molar-refractivity contribution < 1.29 is 0 Å². The van der Waals surface area contributed by atoms with Crippen LogP contribution in [-0.2, 0) is 6.54 Å². The van der Waals surface area contributed by atoms with Gasteiger partial charge in [-0.25, -0.2) is 0 Å². The fourth-order valence-corrected chi connectivity index (χ4v) is 1.82. The zero-order chi connectivity index (χ0) is 11.9. The van der Waals surface area contributed by atoms with Crippen LogP contribution in [0, 0.1) is 0 Å². The third-order valence-corrected chi connectivity index (χ3v) is 2.72. The minimum absolute atomic E-state index is 0.919. The second kappa shape index (κ2) is 6.16. The topological polar surface area (TPSA) is 24.9 Å². The molecular formula is C15H18N2. The standard InChI is InChI=1S/C15H18N2/c1-2-3-4-9-16-12-13-7-8-15-14(11-13)6-5-10-17-15/h2-3,5-8,10-11,16H,4,9,12H2,1H3/b3-2+. The van der Waals surface area contributed by atoms with Gasteiger partial charge in [0, 0.05) is 18.1 Å². The highest BCUT2D eigenvalue weighted by molar-refractivity contribution is 5.78. The van der Waals surface area contributed by atoms with E-state index >= 15 is 0 Å². The summed E-state index contributed by atoms with van der Waals surface area (Å²) in [4.78, 5) is 4.31. The highest BCUT2D eigenvalue weighted by Crippen LogP contribution is 2.12. The van der Waals surface area contributed by atoms with Crippen molar-refractivity contribution in [2.75, 3.05) is 6.54 Å². The Morgan fingerprint density at radius 1 is 1.29 bits per heavy atom. The van der Waals surface area contributed by atoms with E-state index in [0.29, 0.717) is 0 Å². The van der Waals surface area contributed by atoms with Gasteiger partial charge in [-0.2, -0.15) is 0 Å². The zero-order valence-corrected chi connectivity index (χ0v) is 10.2. The number of aromatic nitrogens is 1. The van der Waals surface area contributed by atoms with Crippen molar-refractivity contribution in [1.29, 1.82) is 0 Å². The zero-order valence-electron chi connectivity index (χ0n) is 10.2. The Labute approximate surface area is 102 Å². The van der Waals surface area contributed by atoms with Gasteiger partial charge in [-0.05, 0) is 43.7 Å². The Kier molecular flexibility index (Phi) is 4.28. The van der Waals surface area contributed by atoms with E-state index in [1.807, 2.05) is 12.3 Å². The summed E-state index contributed by atoms with van der Waals surface area (Å²) < 4.78 is 0. The molecule has 1 aromatic carbocycles. The third kappa shape index (κ3) is 3.40. The molecule has 0 unspecified atom stereocenters. The van der Waals surface area contributed by atoms with Gasteiger partial charge in [-0.1, -0.05) is 24.3 Å². The van der Waals surface area contributed by atoms with Gasteiger partial charge in [0.15, 0.2) is 0 Å². The molecule has 17 heavy (non-hydrogen) atoms. The van der Waals surface area contributed by atoms with Crippen molar-refractivity contribution in [2.45, 2.75) is 19.9 Å². The van der Waals surface area contributed by atoms with Crippen molar-refractivity contribution in [1.82, 2.24) is 10.3 Å². The molecule has 1 heterocycles. The highest BCUT2D eigenvalue weighted by Gasteiger charge is 1.96. The largest absolute Gasteiger partial charge is 0.312 e. The summed E-state index contributed by atoms with van der Waals surface area (Å²) in [6.07, 6.45) is 7.18. The van der Waals surface area contributed by atoms with E-state index in [-0.39, 0.29) is 0 Å². The van der Waals surface area contributed by atoms with Crippen LogP contribution in [0.4, 0.5) is 0 Å². The molecule has 2 rings (SSSR count). The smallest absolute Gasteiger partial charge is 0.0702 e. The van der Waals surface area contributed by atoms with Crippen LogP contribution in [0.15, 0.2) is 48.7 Å². The molecule has 0 saturated carbocycles. The van der Waals surface area contributed by atoms with E-state index in [4.69, 9.17) is 0 Å². The number of hydrogen-bond donors (Lipinski definition) is 1. The lowest BCUT2D eigenvalue weighted by molar-refractivity contribution is 0.696. The van der Waals surface area contributed by atoms with Gasteiger partial charge in [-0.3, -0.25) is 4.98 Å². The third-order valence-electron chi connectivity index (χ3n) is 2.72. The number of hydrogen-bond acceptors (Lipinski definition) is 2. The SMILES string of the molecule is C/C=C/CCNCc1ccc2ncccc2c1. The molecule has 2 aromatic rings. The number of nitrogens with zero attached hydrogens (tertiary/aromatic N) is 1. The molecular weight excluding hydrogens is 208 g/mol.